The number of carbonyl (C=O) groups is 1. The molecule has 0 bridgehead atoms. The Kier molecular flexibility index (Phi) is 4.72. The van der Waals surface area contributed by atoms with Crippen LogP contribution in [-0.2, 0) is 10.0 Å². The Balaban J connectivity index is 2.20. The van der Waals surface area contributed by atoms with E-state index in [1.54, 1.807) is 6.92 Å². The zero-order valence-corrected chi connectivity index (χ0v) is 14.0. The van der Waals surface area contributed by atoms with Gasteiger partial charge in [0.1, 0.15) is 9.09 Å². The molecule has 0 aromatic carbocycles. The Hall–Kier alpha value is -0.960. The summed E-state index contributed by atoms with van der Waals surface area (Å²) in [6.45, 7) is 8.09. The number of hydrogen-bond donors (Lipinski definition) is 1. The van der Waals surface area contributed by atoms with Gasteiger partial charge in [-0.25, -0.2) is 13.2 Å². The van der Waals surface area contributed by atoms with Crippen molar-refractivity contribution in [1.29, 1.82) is 0 Å². The molecule has 1 aliphatic heterocycles. The zero-order chi connectivity index (χ0) is 15.8. The van der Waals surface area contributed by atoms with Gasteiger partial charge in [0.05, 0.1) is 0 Å². The van der Waals surface area contributed by atoms with Gasteiger partial charge in [0.25, 0.3) is 10.0 Å². The van der Waals surface area contributed by atoms with Crippen LogP contribution in [0.2, 0.25) is 0 Å². The van der Waals surface area contributed by atoms with E-state index in [1.165, 1.54) is 10.4 Å². The molecule has 0 saturated carbocycles. The Bertz CT molecular complexity index is 629. The van der Waals surface area contributed by atoms with Crippen molar-refractivity contribution in [2.75, 3.05) is 26.2 Å². The van der Waals surface area contributed by atoms with E-state index in [0.29, 0.717) is 37.8 Å². The van der Waals surface area contributed by atoms with Crippen LogP contribution in [-0.4, -0.2) is 60.9 Å². The number of nitrogens with zero attached hydrogens (tertiary/aromatic N) is 2. The molecule has 6 nitrogen and oxygen atoms in total. The minimum Gasteiger partial charge on any atom is -0.477 e. The van der Waals surface area contributed by atoms with Crippen LogP contribution in [0, 0.1) is 6.92 Å². The average molecular weight is 332 g/mol. The highest BCUT2D eigenvalue weighted by Gasteiger charge is 2.31. The first-order valence-corrected chi connectivity index (χ1v) is 9.07. The Labute approximate surface area is 129 Å². The fraction of sp³-hybridized carbons (Fsp3) is 0.615. The number of aryl methyl sites for hydroxylation is 1. The van der Waals surface area contributed by atoms with Crippen molar-refractivity contribution in [1.82, 2.24) is 9.21 Å². The number of thiophene rings is 1. The second-order valence-electron chi connectivity index (χ2n) is 5.42. The van der Waals surface area contributed by atoms with E-state index in [2.05, 4.69) is 18.7 Å². The summed E-state index contributed by atoms with van der Waals surface area (Å²) in [6.07, 6.45) is 0. The first-order chi connectivity index (χ1) is 9.73. The molecule has 2 rings (SSSR count). The first kappa shape index (κ1) is 16.4. The summed E-state index contributed by atoms with van der Waals surface area (Å²) in [7, 11) is -3.58. The van der Waals surface area contributed by atoms with E-state index in [9.17, 15) is 13.2 Å². The zero-order valence-electron chi connectivity index (χ0n) is 12.4. The molecular formula is C13H20N2O4S2. The molecule has 8 heteroatoms. The molecular weight excluding hydrogens is 312 g/mol. The normalized spacial score (nSPS) is 18.3. The van der Waals surface area contributed by atoms with Gasteiger partial charge in [-0.1, -0.05) is 0 Å². The fourth-order valence-electron chi connectivity index (χ4n) is 2.38. The van der Waals surface area contributed by atoms with E-state index in [4.69, 9.17) is 5.11 Å². The third-order valence-corrected chi connectivity index (χ3v) is 7.26. The van der Waals surface area contributed by atoms with Gasteiger partial charge in [-0.05, 0) is 32.4 Å². The average Bonchev–Trinajstić information content (AvgIpc) is 2.82. The summed E-state index contributed by atoms with van der Waals surface area (Å²) >= 11 is 0.833. The second-order valence-corrected chi connectivity index (χ2v) is 8.63. The first-order valence-electron chi connectivity index (χ1n) is 6.81. The summed E-state index contributed by atoms with van der Waals surface area (Å²) in [5, 5.41) is 9.05. The molecule has 1 aromatic rings. The number of hydrogen-bond acceptors (Lipinski definition) is 5. The lowest BCUT2D eigenvalue weighted by atomic mass is 10.3. The molecule has 21 heavy (non-hydrogen) atoms. The topological polar surface area (TPSA) is 77.9 Å². The van der Waals surface area contributed by atoms with E-state index in [1.807, 2.05) is 0 Å². The van der Waals surface area contributed by atoms with Crippen LogP contribution in [0.15, 0.2) is 10.3 Å². The highest BCUT2D eigenvalue weighted by atomic mass is 32.2. The van der Waals surface area contributed by atoms with Gasteiger partial charge in [0.2, 0.25) is 0 Å². The Morgan fingerprint density at radius 2 is 1.86 bits per heavy atom. The van der Waals surface area contributed by atoms with Gasteiger partial charge in [-0.15, -0.1) is 11.3 Å². The predicted octanol–water partition coefficient (Wildman–Crippen LogP) is 1.47. The molecule has 1 aliphatic rings. The summed E-state index contributed by atoms with van der Waals surface area (Å²) in [5.41, 5.74) is 0.492. The van der Waals surface area contributed by atoms with Crippen molar-refractivity contribution in [3.63, 3.8) is 0 Å². The Morgan fingerprint density at radius 3 is 2.29 bits per heavy atom. The van der Waals surface area contributed by atoms with E-state index in [0.717, 1.165) is 11.3 Å². The number of carboxylic acids is 1. The lowest BCUT2D eigenvalue weighted by Gasteiger charge is -2.35. The van der Waals surface area contributed by atoms with E-state index < -0.39 is 16.0 Å². The number of carboxylic acid groups (broad SMARTS) is 1. The highest BCUT2D eigenvalue weighted by Crippen LogP contribution is 2.29. The van der Waals surface area contributed by atoms with Gasteiger partial charge >= 0.3 is 5.97 Å². The van der Waals surface area contributed by atoms with Gasteiger partial charge in [-0.2, -0.15) is 4.31 Å². The maximum absolute atomic E-state index is 12.6. The van der Waals surface area contributed by atoms with Crippen molar-refractivity contribution in [2.45, 2.75) is 31.0 Å². The van der Waals surface area contributed by atoms with Gasteiger partial charge in [0.15, 0.2) is 0 Å². The maximum Gasteiger partial charge on any atom is 0.346 e. The van der Waals surface area contributed by atoms with E-state index >= 15 is 0 Å². The van der Waals surface area contributed by atoms with Crippen LogP contribution in [0.5, 0.6) is 0 Å². The number of sulfonamides is 1. The van der Waals surface area contributed by atoms with Gasteiger partial charge < -0.3 is 5.11 Å². The summed E-state index contributed by atoms with van der Waals surface area (Å²) in [4.78, 5) is 13.4. The van der Waals surface area contributed by atoms with Crippen LogP contribution >= 0.6 is 11.3 Å². The molecule has 0 unspecified atom stereocenters. The smallest absolute Gasteiger partial charge is 0.346 e. The molecule has 2 heterocycles. The summed E-state index contributed by atoms with van der Waals surface area (Å²) in [6, 6.07) is 1.86. The van der Waals surface area contributed by atoms with Crippen LogP contribution in [0.1, 0.15) is 29.1 Å². The number of piperazine rings is 1. The standard InChI is InChI=1S/C13H20N2O4S2/c1-9(2)14-4-6-15(7-5-14)21(18,19)11-8-10(3)12(20-11)13(16)17/h8-9H,4-7H2,1-3H3,(H,16,17). The molecule has 0 spiro atoms. The third-order valence-electron chi connectivity index (χ3n) is 3.69. The molecule has 1 N–H and O–H groups in total. The monoisotopic (exact) mass is 332 g/mol. The largest absolute Gasteiger partial charge is 0.477 e. The van der Waals surface area contributed by atoms with Gasteiger partial charge in [0, 0.05) is 32.2 Å². The number of aromatic carboxylic acids is 1. The van der Waals surface area contributed by atoms with Crippen molar-refractivity contribution in [3.8, 4) is 0 Å². The number of rotatable bonds is 4. The SMILES string of the molecule is Cc1cc(S(=O)(=O)N2CCN(C(C)C)CC2)sc1C(=O)O. The minimum atomic E-state index is -3.58. The summed E-state index contributed by atoms with van der Waals surface area (Å²) < 4.78 is 26.7. The van der Waals surface area contributed by atoms with Crippen LogP contribution in [0.4, 0.5) is 0 Å². The molecule has 1 aromatic heterocycles. The van der Waals surface area contributed by atoms with Crippen molar-refractivity contribution in [2.24, 2.45) is 0 Å². The van der Waals surface area contributed by atoms with Crippen molar-refractivity contribution < 1.29 is 18.3 Å². The van der Waals surface area contributed by atoms with E-state index in [-0.39, 0.29) is 9.09 Å². The molecule has 0 radical (unpaired) electrons. The third kappa shape index (κ3) is 3.28. The quantitative estimate of drug-likeness (QED) is 0.903. The second kappa shape index (κ2) is 6.04. The van der Waals surface area contributed by atoms with Crippen LogP contribution in [0.25, 0.3) is 0 Å². The minimum absolute atomic E-state index is 0.0920. The van der Waals surface area contributed by atoms with Gasteiger partial charge in [-0.3, -0.25) is 4.90 Å². The van der Waals surface area contributed by atoms with Crippen LogP contribution < -0.4 is 0 Å². The molecule has 0 aliphatic carbocycles. The van der Waals surface area contributed by atoms with Crippen molar-refractivity contribution >= 4 is 27.3 Å². The molecule has 118 valence electrons. The van der Waals surface area contributed by atoms with Crippen molar-refractivity contribution in [3.05, 3.63) is 16.5 Å². The maximum atomic E-state index is 12.6. The lowest BCUT2D eigenvalue weighted by Crippen LogP contribution is -2.50. The fourth-order valence-corrected chi connectivity index (χ4v) is 5.34. The molecule has 1 saturated heterocycles. The molecule has 1 fully saturated rings. The summed E-state index contributed by atoms with van der Waals surface area (Å²) in [5.74, 6) is -1.08. The molecule has 0 amide bonds. The molecule has 0 atom stereocenters. The lowest BCUT2D eigenvalue weighted by molar-refractivity contribution is 0.0701. The highest BCUT2D eigenvalue weighted by molar-refractivity contribution is 7.91. The Morgan fingerprint density at radius 1 is 1.29 bits per heavy atom. The predicted molar refractivity (Wildman–Crippen MR) is 81.5 cm³/mol. The van der Waals surface area contributed by atoms with Crippen LogP contribution in [0.3, 0.4) is 0 Å².